The predicted octanol–water partition coefficient (Wildman–Crippen LogP) is 8.20. The van der Waals surface area contributed by atoms with Gasteiger partial charge < -0.3 is 29.0 Å². The number of ether oxygens (including phenoxy) is 5. The number of amides is 1. The summed E-state index contributed by atoms with van der Waals surface area (Å²) < 4.78 is 27.9. The maximum atomic E-state index is 13.3. The fourth-order valence-electron chi connectivity index (χ4n) is 5.05. The Kier molecular flexibility index (Phi) is 9.94. The summed E-state index contributed by atoms with van der Waals surface area (Å²) in [5.41, 5.74) is 3.87. The van der Waals surface area contributed by atoms with Gasteiger partial charge in [-0.15, -0.1) is 0 Å². The van der Waals surface area contributed by atoms with Crippen molar-refractivity contribution in [3.05, 3.63) is 102 Å². The highest BCUT2D eigenvalue weighted by molar-refractivity contribution is 6.05. The molecular formula is C38H38N2O7. The van der Waals surface area contributed by atoms with Gasteiger partial charge in [-0.25, -0.2) is 9.78 Å². The van der Waals surface area contributed by atoms with Gasteiger partial charge in [-0.05, 0) is 78.1 Å². The first-order valence-corrected chi connectivity index (χ1v) is 15.2. The molecule has 0 bridgehead atoms. The number of fused-ring (bicyclic) bond motifs is 1. The van der Waals surface area contributed by atoms with E-state index in [0.717, 1.165) is 12.2 Å². The Morgan fingerprint density at radius 2 is 1.40 bits per heavy atom. The predicted molar refractivity (Wildman–Crippen MR) is 182 cm³/mol. The number of esters is 1. The first-order valence-electron chi connectivity index (χ1n) is 15.2. The first kappa shape index (κ1) is 32.8. The Bertz CT molecular complexity index is 1860. The van der Waals surface area contributed by atoms with Crippen molar-refractivity contribution in [1.82, 2.24) is 4.98 Å². The lowest BCUT2D eigenvalue weighted by Gasteiger charge is -2.23. The molecule has 1 amide bonds. The molecular weight excluding hydrogens is 596 g/mol. The van der Waals surface area contributed by atoms with Gasteiger partial charge in [0.1, 0.15) is 11.5 Å². The molecule has 1 N–H and O–H groups in total. The Balaban J connectivity index is 1.26. The van der Waals surface area contributed by atoms with Gasteiger partial charge >= 0.3 is 5.97 Å². The van der Waals surface area contributed by atoms with Gasteiger partial charge in [-0.3, -0.25) is 4.79 Å². The summed E-state index contributed by atoms with van der Waals surface area (Å²) in [5, 5.41) is 3.35. The minimum absolute atomic E-state index is 0.0995. The van der Waals surface area contributed by atoms with E-state index in [1.807, 2.05) is 24.3 Å². The monoisotopic (exact) mass is 634 g/mol. The smallest absolute Gasteiger partial charge is 0.339 e. The Morgan fingerprint density at radius 1 is 0.787 bits per heavy atom. The minimum Gasteiger partial charge on any atom is -0.493 e. The number of hydrogen-bond acceptors (Lipinski definition) is 8. The van der Waals surface area contributed by atoms with Crippen LogP contribution in [-0.2, 0) is 14.9 Å². The van der Waals surface area contributed by atoms with Crippen molar-refractivity contribution >= 4 is 28.5 Å². The number of methoxy groups -OCH3 is 3. The van der Waals surface area contributed by atoms with Gasteiger partial charge in [-0.2, -0.15) is 0 Å². The molecule has 0 radical (unpaired) electrons. The molecule has 47 heavy (non-hydrogen) atoms. The molecule has 0 saturated carbocycles. The van der Waals surface area contributed by atoms with Crippen LogP contribution in [0.3, 0.4) is 0 Å². The third-order valence-electron chi connectivity index (χ3n) is 8.12. The molecule has 0 atom stereocenters. The molecule has 0 unspecified atom stereocenters. The Morgan fingerprint density at radius 3 is 2.00 bits per heavy atom. The van der Waals surface area contributed by atoms with Gasteiger partial charge in [-0.1, -0.05) is 51.1 Å². The molecule has 0 aliphatic heterocycles. The number of rotatable bonds is 12. The maximum Gasteiger partial charge on any atom is 0.339 e. The summed E-state index contributed by atoms with van der Waals surface area (Å²) >= 11 is 0. The van der Waals surface area contributed by atoms with Crippen molar-refractivity contribution in [3.63, 3.8) is 0 Å². The quantitative estimate of drug-likeness (QED) is 0.137. The van der Waals surface area contributed by atoms with Crippen LogP contribution < -0.4 is 24.3 Å². The average Bonchev–Trinajstić information content (AvgIpc) is 3.10. The second-order valence-corrected chi connectivity index (χ2v) is 11.5. The second-order valence-electron chi connectivity index (χ2n) is 11.5. The van der Waals surface area contributed by atoms with Crippen molar-refractivity contribution in [2.24, 2.45) is 0 Å². The number of pyridine rings is 1. The summed E-state index contributed by atoms with van der Waals surface area (Å²) in [7, 11) is 4.58. The maximum absolute atomic E-state index is 13.3. The third kappa shape index (κ3) is 7.47. The summed E-state index contributed by atoms with van der Waals surface area (Å²) in [6, 6.07) is 27.4. The minimum atomic E-state index is -0.662. The number of hydrogen-bond donors (Lipinski definition) is 1. The molecule has 0 aliphatic rings. The average molecular weight is 635 g/mol. The molecule has 5 aromatic rings. The van der Waals surface area contributed by atoms with Crippen molar-refractivity contribution in [2.75, 3.05) is 33.3 Å². The number of carbonyl (C=O) groups excluding carboxylic acids is 2. The van der Waals surface area contributed by atoms with Crippen molar-refractivity contribution < 1.29 is 33.3 Å². The van der Waals surface area contributed by atoms with Crippen molar-refractivity contribution in [1.29, 1.82) is 0 Å². The lowest BCUT2D eigenvalue weighted by Crippen LogP contribution is -2.21. The molecule has 1 heterocycles. The number of nitrogens with one attached hydrogen (secondary N) is 1. The second kappa shape index (κ2) is 14.2. The molecule has 242 valence electrons. The van der Waals surface area contributed by atoms with Crippen LogP contribution in [0.4, 0.5) is 5.69 Å². The fourth-order valence-corrected chi connectivity index (χ4v) is 5.05. The number of nitrogens with zero attached hydrogens (tertiary/aromatic N) is 1. The zero-order chi connectivity index (χ0) is 33.6. The van der Waals surface area contributed by atoms with Crippen molar-refractivity contribution in [2.45, 2.75) is 32.6 Å². The lowest BCUT2D eigenvalue weighted by atomic mass is 9.82. The van der Waals surface area contributed by atoms with Gasteiger partial charge in [0, 0.05) is 16.6 Å². The molecule has 0 aliphatic carbocycles. The summed E-state index contributed by atoms with van der Waals surface area (Å²) in [6.45, 7) is 6.13. The van der Waals surface area contributed by atoms with Crippen LogP contribution in [0, 0.1) is 0 Å². The molecule has 5 rings (SSSR count). The Hall–Kier alpha value is -5.57. The van der Waals surface area contributed by atoms with E-state index in [2.05, 4.69) is 38.2 Å². The van der Waals surface area contributed by atoms with Crippen LogP contribution in [0.1, 0.15) is 43.1 Å². The summed E-state index contributed by atoms with van der Waals surface area (Å²) in [5.74, 6) is 1.54. The van der Waals surface area contributed by atoms with E-state index in [9.17, 15) is 9.59 Å². The van der Waals surface area contributed by atoms with Gasteiger partial charge in [0.2, 0.25) is 5.75 Å². The van der Waals surface area contributed by atoms with Crippen LogP contribution >= 0.6 is 0 Å². The number of carbonyl (C=O) groups is 2. The highest BCUT2D eigenvalue weighted by Crippen LogP contribution is 2.41. The first-order chi connectivity index (χ1) is 22.6. The fraction of sp³-hybridized carbons (Fsp3) is 0.237. The van der Waals surface area contributed by atoms with Crippen LogP contribution in [0.5, 0.6) is 28.7 Å². The summed E-state index contributed by atoms with van der Waals surface area (Å²) in [4.78, 5) is 30.8. The molecule has 0 spiro atoms. The number of para-hydroxylation sites is 1. The molecule has 4 aromatic carbocycles. The largest absolute Gasteiger partial charge is 0.493 e. The third-order valence-corrected chi connectivity index (χ3v) is 8.12. The van der Waals surface area contributed by atoms with E-state index in [-0.39, 0.29) is 11.0 Å². The van der Waals surface area contributed by atoms with E-state index in [0.29, 0.717) is 50.8 Å². The summed E-state index contributed by atoms with van der Waals surface area (Å²) in [6.07, 6.45) is 1.04. The normalized spacial score (nSPS) is 11.1. The highest BCUT2D eigenvalue weighted by Gasteiger charge is 2.20. The molecule has 9 heteroatoms. The van der Waals surface area contributed by atoms with Crippen LogP contribution in [-0.4, -0.2) is 44.8 Å². The number of benzene rings is 4. The topological polar surface area (TPSA) is 105 Å². The number of aromatic nitrogens is 1. The van der Waals surface area contributed by atoms with Crippen LogP contribution in [0.2, 0.25) is 0 Å². The highest BCUT2D eigenvalue weighted by atomic mass is 16.5. The molecule has 0 fully saturated rings. The molecule has 1 aromatic heterocycles. The standard InChI is InChI=1S/C38H38N2O7/c1-7-38(2,3)25-12-16-27(17-13-25)47-28-18-14-26(15-19-28)39-35(41)23-46-37(42)30-22-32(40-31-11-9-8-10-29(30)31)24-20-33(43-4)36(45-6)34(21-24)44-5/h8-22H,7,23H2,1-6H3,(H,39,41). The van der Waals surface area contributed by atoms with E-state index in [1.54, 1.807) is 54.6 Å². The van der Waals surface area contributed by atoms with Gasteiger partial charge in [0.15, 0.2) is 18.1 Å². The van der Waals surface area contributed by atoms with Crippen LogP contribution in [0.25, 0.3) is 22.2 Å². The number of anilines is 1. The van der Waals surface area contributed by atoms with Gasteiger partial charge in [0.05, 0.1) is 38.1 Å². The molecule has 0 saturated heterocycles. The van der Waals surface area contributed by atoms with E-state index in [1.165, 1.54) is 26.9 Å². The zero-order valence-corrected chi connectivity index (χ0v) is 27.4. The van der Waals surface area contributed by atoms with Gasteiger partial charge in [0.25, 0.3) is 5.91 Å². The SMILES string of the molecule is CCC(C)(C)c1ccc(Oc2ccc(NC(=O)COC(=O)c3cc(-c4cc(OC)c(OC)c(OC)c4)nc4ccccc34)cc2)cc1. The zero-order valence-electron chi connectivity index (χ0n) is 27.4. The lowest BCUT2D eigenvalue weighted by molar-refractivity contribution is -0.119. The van der Waals surface area contributed by atoms with Crippen LogP contribution in [0.15, 0.2) is 91.0 Å². The van der Waals surface area contributed by atoms with E-state index >= 15 is 0 Å². The van der Waals surface area contributed by atoms with E-state index in [4.69, 9.17) is 28.7 Å². The van der Waals surface area contributed by atoms with Crippen molar-refractivity contribution in [3.8, 4) is 40.0 Å². The van der Waals surface area contributed by atoms with E-state index < -0.39 is 18.5 Å². The molecule has 9 nitrogen and oxygen atoms in total. The Labute approximate surface area is 274 Å².